The van der Waals surface area contributed by atoms with Gasteiger partial charge in [-0.15, -0.1) is 0 Å². The third-order valence-corrected chi connectivity index (χ3v) is 2.36. The Kier molecular flexibility index (Phi) is 2.60. The molecule has 0 fully saturated rings. The summed E-state index contributed by atoms with van der Waals surface area (Å²) in [6, 6.07) is 3.41. The number of hydrogen-bond acceptors (Lipinski definition) is 3. The van der Waals surface area contributed by atoms with E-state index in [9.17, 15) is 10.1 Å². The van der Waals surface area contributed by atoms with E-state index in [1.807, 2.05) is 16.8 Å². The van der Waals surface area contributed by atoms with E-state index in [0.29, 0.717) is 5.92 Å². The fourth-order valence-electron chi connectivity index (χ4n) is 1.71. The molecule has 0 radical (unpaired) electrons. The van der Waals surface area contributed by atoms with Crippen LogP contribution in [0.15, 0.2) is 24.5 Å². The topological polar surface area (TPSA) is 61.0 Å². The Morgan fingerprint density at radius 1 is 1.56 bits per heavy atom. The number of rotatable bonds is 3. The number of nitrogens with zero attached hydrogens (tertiary/aromatic N) is 3. The van der Waals surface area contributed by atoms with Crippen LogP contribution in [0.25, 0.3) is 11.0 Å². The van der Waals surface area contributed by atoms with Crippen molar-refractivity contribution in [3.05, 3.63) is 34.6 Å². The molecule has 5 nitrogen and oxygen atoms in total. The van der Waals surface area contributed by atoms with Crippen molar-refractivity contribution in [2.75, 3.05) is 0 Å². The molecule has 0 aliphatic heterocycles. The number of aromatic nitrogens is 2. The zero-order valence-corrected chi connectivity index (χ0v) is 9.25. The molecule has 0 aromatic carbocycles. The van der Waals surface area contributed by atoms with E-state index in [1.165, 1.54) is 6.20 Å². The molecule has 0 saturated carbocycles. The van der Waals surface area contributed by atoms with E-state index >= 15 is 0 Å². The molecular formula is C11H13N3O2. The highest BCUT2D eigenvalue weighted by atomic mass is 16.6. The number of nitro groups is 1. The van der Waals surface area contributed by atoms with Gasteiger partial charge in [-0.2, -0.15) is 0 Å². The average Bonchev–Trinajstić information content (AvgIpc) is 2.60. The van der Waals surface area contributed by atoms with Crippen molar-refractivity contribution in [3.63, 3.8) is 0 Å². The quantitative estimate of drug-likeness (QED) is 0.588. The summed E-state index contributed by atoms with van der Waals surface area (Å²) in [5, 5.41) is 11.4. The number of hydrogen-bond donors (Lipinski definition) is 0. The summed E-state index contributed by atoms with van der Waals surface area (Å²) in [7, 11) is 0. The van der Waals surface area contributed by atoms with Gasteiger partial charge in [0.15, 0.2) is 0 Å². The SMILES string of the molecule is CC(C)Cn1ccc2cc([N+](=O)[O-])cnc21. The molecule has 2 rings (SSSR count). The molecule has 2 aromatic heterocycles. The first-order valence-electron chi connectivity index (χ1n) is 5.17. The minimum Gasteiger partial charge on any atom is -0.332 e. The van der Waals surface area contributed by atoms with Gasteiger partial charge in [0.1, 0.15) is 11.8 Å². The number of pyridine rings is 1. The second-order valence-electron chi connectivity index (χ2n) is 4.23. The molecule has 16 heavy (non-hydrogen) atoms. The van der Waals surface area contributed by atoms with Gasteiger partial charge in [-0.05, 0) is 12.0 Å². The number of fused-ring (bicyclic) bond motifs is 1. The summed E-state index contributed by atoms with van der Waals surface area (Å²) < 4.78 is 2.02. The smallest absolute Gasteiger partial charge is 0.288 e. The molecule has 0 N–H and O–H groups in total. The second kappa shape index (κ2) is 3.92. The molecule has 0 spiro atoms. The highest BCUT2D eigenvalue weighted by Crippen LogP contribution is 2.19. The second-order valence-corrected chi connectivity index (χ2v) is 4.23. The summed E-state index contributed by atoms with van der Waals surface area (Å²) in [6.07, 6.45) is 3.22. The first-order valence-corrected chi connectivity index (χ1v) is 5.17. The molecule has 2 aromatic rings. The highest BCUT2D eigenvalue weighted by Gasteiger charge is 2.10. The van der Waals surface area contributed by atoms with E-state index in [0.717, 1.165) is 17.6 Å². The minimum absolute atomic E-state index is 0.0368. The van der Waals surface area contributed by atoms with Gasteiger partial charge in [0, 0.05) is 24.2 Å². The lowest BCUT2D eigenvalue weighted by Crippen LogP contribution is -2.03. The van der Waals surface area contributed by atoms with Crippen LogP contribution in [0.2, 0.25) is 0 Å². The molecule has 2 heterocycles. The van der Waals surface area contributed by atoms with Crippen LogP contribution in [0.5, 0.6) is 0 Å². The first-order chi connectivity index (χ1) is 7.58. The Morgan fingerprint density at radius 2 is 2.31 bits per heavy atom. The molecular weight excluding hydrogens is 206 g/mol. The Morgan fingerprint density at radius 3 is 2.94 bits per heavy atom. The van der Waals surface area contributed by atoms with E-state index < -0.39 is 4.92 Å². The maximum atomic E-state index is 10.6. The van der Waals surface area contributed by atoms with E-state index in [1.54, 1.807) is 6.07 Å². The maximum Gasteiger partial charge on any atom is 0.288 e. The summed E-state index contributed by atoms with van der Waals surface area (Å²) in [6.45, 7) is 5.11. The van der Waals surface area contributed by atoms with E-state index in [2.05, 4.69) is 18.8 Å². The maximum absolute atomic E-state index is 10.6. The Bertz CT molecular complexity index is 531. The van der Waals surface area contributed by atoms with Crippen LogP contribution in [0, 0.1) is 16.0 Å². The Labute approximate surface area is 92.9 Å². The molecule has 84 valence electrons. The van der Waals surface area contributed by atoms with Crippen LogP contribution in [0.1, 0.15) is 13.8 Å². The van der Waals surface area contributed by atoms with Crippen molar-refractivity contribution in [1.29, 1.82) is 0 Å². The zero-order valence-electron chi connectivity index (χ0n) is 9.25. The summed E-state index contributed by atoms with van der Waals surface area (Å²) in [5.74, 6) is 0.521. The molecule has 0 unspecified atom stereocenters. The van der Waals surface area contributed by atoms with Crippen LogP contribution in [-0.4, -0.2) is 14.5 Å². The molecule has 0 saturated heterocycles. The molecule has 5 heteroatoms. The predicted molar refractivity (Wildman–Crippen MR) is 61.2 cm³/mol. The van der Waals surface area contributed by atoms with Gasteiger partial charge in [-0.3, -0.25) is 10.1 Å². The van der Waals surface area contributed by atoms with Crippen molar-refractivity contribution in [2.24, 2.45) is 5.92 Å². The van der Waals surface area contributed by atoms with Gasteiger partial charge in [0.2, 0.25) is 0 Å². The fourth-order valence-corrected chi connectivity index (χ4v) is 1.71. The van der Waals surface area contributed by atoms with Crippen LogP contribution < -0.4 is 0 Å². The third kappa shape index (κ3) is 1.88. The van der Waals surface area contributed by atoms with Gasteiger partial charge < -0.3 is 4.57 Å². The van der Waals surface area contributed by atoms with Crippen LogP contribution in [-0.2, 0) is 6.54 Å². The average molecular weight is 219 g/mol. The standard InChI is InChI=1S/C11H13N3O2/c1-8(2)7-13-4-3-9-5-10(14(15)16)6-12-11(9)13/h3-6,8H,7H2,1-2H3. The summed E-state index contributed by atoms with van der Waals surface area (Å²) in [4.78, 5) is 14.3. The third-order valence-electron chi connectivity index (χ3n) is 2.36. The molecule has 0 atom stereocenters. The molecule has 0 bridgehead atoms. The van der Waals surface area contributed by atoms with Gasteiger partial charge >= 0.3 is 0 Å². The lowest BCUT2D eigenvalue weighted by molar-refractivity contribution is -0.385. The van der Waals surface area contributed by atoms with Crippen molar-refractivity contribution >= 4 is 16.7 Å². The van der Waals surface area contributed by atoms with E-state index in [-0.39, 0.29) is 5.69 Å². The van der Waals surface area contributed by atoms with Crippen molar-refractivity contribution < 1.29 is 4.92 Å². The zero-order chi connectivity index (χ0) is 11.7. The van der Waals surface area contributed by atoms with Gasteiger partial charge in [-0.1, -0.05) is 13.8 Å². The Hall–Kier alpha value is -1.91. The molecule has 0 amide bonds. The lowest BCUT2D eigenvalue weighted by Gasteiger charge is -2.06. The van der Waals surface area contributed by atoms with Crippen LogP contribution >= 0.6 is 0 Å². The first kappa shape index (κ1) is 10.6. The van der Waals surface area contributed by atoms with Gasteiger partial charge in [0.25, 0.3) is 5.69 Å². The van der Waals surface area contributed by atoms with Crippen LogP contribution in [0.3, 0.4) is 0 Å². The van der Waals surface area contributed by atoms with Crippen molar-refractivity contribution in [3.8, 4) is 0 Å². The monoisotopic (exact) mass is 219 g/mol. The largest absolute Gasteiger partial charge is 0.332 e. The van der Waals surface area contributed by atoms with Crippen LogP contribution in [0.4, 0.5) is 5.69 Å². The minimum atomic E-state index is -0.424. The van der Waals surface area contributed by atoms with Gasteiger partial charge in [0.05, 0.1) is 4.92 Å². The highest BCUT2D eigenvalue weighted by molar-refractivity contribution is 5.78. The predicted octanol–water partition coefficient (Wildman–Crippen LogP) is 2.60. The summed E-state index contributed by atoms with van der Waals surface area (Å²) in [5.41, 5.74) is 0.842. The van der Waals surface area contributed by atoms with Crippen molar-refractivity contribution in [1.82, 2.24) is 9.55 Å². The van der Waals surface area contributed by atoms with E-state index in [4.69, 9.17) is 0 Å². The van der Waals surface area contributed by atoms with Gasteiger partial charge in [-0.25, -0.2) is 4.98 Å². The molecule has 0 aliphatic rings. The summed E-state index contributed by atoms with van der Waals surface area (Å²) >= 11 is 0. The molecule has 0 aliphatic carbocycles. The Balaban J connectivity index is 2.46. The fraction of sp³-hybridized carbons (Fsp3) is 0.364. The van der Waals surface area contributed by atoms with Crippen molar-refractivity contribution in [2.45, 2.75) is 20.4 Å². The lowest BCUT2D eigenvalue weighted by atomic mass is 10.2. The normalized spacial score (nSPS) is 11.2.